The lowest BCUT2D eigenvalue weighted by molar-refractivity contribution is 1.48. The molecular weight excluding hydrogens is 234 g/mol. The molecule has 0 radical (unpaired) electrons. The number of hydrogen-bond donors (Lipinski definition) is 1. The number of nitrogens with one attached hydrogen (secondary N) is 1. The highest BCUT2D eigenvalue weighted by Crippen LogP contribution is 2.31. The van der Waals surface area contributed by atoms with Gasteiger partial charge in [0.2, 0.25) is 0 Å². The Kier molecular flexibility index (Phi) is 1.77. The standard InChI is InChI=1S/C16H15NSi/c1-18(2)15-6-4-3-5-11(15)12-7-8-14-13(16(12)18)9-10-17-14/h3-10,17H,1-2H3. The van der Waals surface area contributed by atoms with Crippen LogP contribution in [-0.2, 0) is 0 Å². The van der Waals surface area contributed by atoms with Crippen molar-refractivity contribution in [2.75, 3.05) is 0 Å². The first-order valence-corrected chi connectivity index (χ1v) is 9.40. The van der Waals surface area contributed by atoms with E-state index in [0.717, 1.165) is 0 Å². The third kappa shape index (κ3) is 1.06. The molecule has 2 heterocycles. The van der Waals surface area contributed by atoms with Crippen molar-refractivity contribution in [2.45, 2.75) is 13.1 Å². The number of rotatable bonds is 0. The molecule has 2 aromatic carbocycles. The molecule has 1 aromatic heterocycles. The first-order valence-electron chi connectivity index (χ1n) is 6.40. The van der Waals surface area contributed by atoms with Crippen molar-refractivity contribution in [2.24, 2.45) is 0 Å². The lowest BCUT2D eigenvalue weighted by atomic mass is 10.0. The Balaban J connectivity index is 2.21. The second-order valence-corrected chi connectivity index (χ2v) is 9.89. The molecule has 0 bridgehead atoms. The number of fused-ring (bicyclic) bond motifs is 5. The maximum atomic E-state index is 3.34. The van der Waals surface area contributed by atoms with E-state index in [4.69, 9.17) is 0 Å². The Bertz CT molecular complexity index is 768. The van der Waals surface area contributed by atoms with Gasteiger partial charge >= 0.3 is 0 Å². The molecule has 0 saturated heterocycles. The molecule has 0 amide bonds. The summed E-state index contributed by atoms with van der Waals surface area (Å²) < 4.78 is 0. The van der Waals surface area contributed by atoms with Crippen LogP contribution in [-0.4, -0.2) is 13.1 Å². The fourth-order valence-corrected chi connectivity index (χ4v) is 6.89. The number of H-pyrrole nitrogens is 1. The molecule has 2 heteroatoms. The van der Waals surface area contributed by atoms with Gasteiger partial charge in [0.25, 0.3) is 0 Å². The van der Waals surface area contributed by atoms with E-state index >= 15 is 0 Å². The van der Waals surface area contributed by atoms with E-state index in [1.807, 2.05) is 0 Å². The first-order chi connectivity index (χ1) is 8.69. The van der Waals surface area contributed by atoms with Gasteiger partial charge in [-0.15, -0.1) is 0 Å². The minimum atomic E-state index is -1.53. The molecular formula is C16H15NSi. The molecule has 0 spiro atoms. The average molecular weight is 249 g/mol. The van der Waals surface area contributed by atoms with Crippen LogP contribution in [0.5, 0.6) is 0 Å². The molecule has 0 saturated carbocycles. The fourth-order valence-electron chi connectivity index (χ4n) is 3.43. The van der Waals surface area contributed by atoms with Gasteiger partial charge in [-0.25, -0.2) is 0 Å². The largest absolute Gasteiger partial charge is 0.361 e. The van der Waals surface area contributed by atoms with E-state index in [0.29, 0.717) is 0 Å². The van der Waals surface area contributed by atoms with Crippen LogP contribution in [0.3, 0.4) is 0 Å². The van der Waals surface area contributed by atoms with Crippen LogP contribution in [0.2, 0.25) is 13.1 Å². The summed E-state index contributed by atoms with van der Waals surface area (Å²) in [6.45, 7) is 4.92. The predicted molar refractivity (Wildman–Crippen MR) is 80.5 cm³/mol. The average Bonchev–Trinajstić information content (AvgIpc) is 2.92. The van der Waals surface area contributed by atoms with E-state index in [1.165, 1.54) is 22.0 Å². The van der Waals surface area contributed by atoms with Crippen LogP contribution in [0.15, 0.2) is 48.7 Å². The summed E-state index contributed by atoms with van der Waals surface area (Å²) in [7, 11) is -1.53. The SMILES string of the molecule is C[Si]1(C)c2ccccc2-c2ccc3[nH]ccc3c21. The Labute approximate surface area is 107 Å². The molecule has 4 rings (SSSR count). The van der Waals surface area contributed by atoms with Crippen LogP contribution >= 0.6 is 0 Å². The van der Waals surface area contributed by atoms with Gasteiger partial charge in [-0.05, 0) is 39.0 Å². The lowest BCUT2D eigenvalue weighted by Crippen LogP contribution is -2.49. The third-order valence-corrected chi connectivity index (χ3v) is 7.82. The summed E-state index contributed by atoms with van der Waals surface area (Å²) in [6, 6.07) is 15.6. The fraction of sp³-hybridized carbons (Fsp3) is 0.125. The van der Waals surface area contributed by atoms with Gasteiger partial charge in [0.05, 0.1) is 0 Å². The monoisotopic (exact) mass is 249 g/mol. The van der Waals surface area contributed by atoms with Gasteiger partial charge in [-0.1, -0.05) is 43.4 Å². The normalized spacial score (nSPS) is 15.7. The zero-order chi connectivity index (χ0) is 12.3. The van der Waals surface area contributed by atoms with Crippen LogP contribution in [0.1, 0.15) is 0 Å². The van der Waals surface area contributed by atoms with Gasteiger partial charge < -0.3 is 4.98 Å². The summed E-state index contributed by atoms with van der Waals surface area (Å²) in [6.07, 6.45) is 2.05. The van der Waals surface area contributed by atoms with Crippen LogP contribution < -0.4 is 10.4 Å². The van der Waals surface area contributed by atoms with Gasteiger partial charge in [0.1, 0.15) is 8.07 Å². The number of hydrogen-bond acceptors (Lipinski definition) is 0. The first kappa shape index (κ1) is 10.2. The van der Waals surface area contributed by atoms with E-state index < -0.39 is 8.07 Å². The molecule has 1 nitrogen and oxygen atoms in total. The Morgan fingerprint density at radius 2 is 1.72 bits per heavy atom. The molecule has 0 atom stereocenters. The topological polar surface area (TPSA) is 15.8 Å². The Morgan fingerprint density at radius 1 is 0.889 bits per heavy atom. The van der Waals surface area contributed by atoms with E-state index in [9.17, 15) is 0 Å². The maximum Gasteiger partial charge on any atom is 0.114 e. The molecule has 1 N–H and O–H groups in total. The molecule has 1 aliphatic heterocycles. The van der Waals surface area contributed by atoms with Crippen molar-refractivity contribution in [1.82, 2.24) is 4.98 Å². The maximum absolute atomic E-state index is 3.34. The Hall–Kier alpha value is -1.80. The van der Waals surface area contributed by atoms with Gasteiger partial charge in [0.15, 0.2) is 0 Å². The highest BCUT2D eigenvalue weighted by molar-refractivity contribution is 7.05. The summed E-state index contributed by atoms with van der Waals surface area (Å²) in [5.74, 6) is 0. The van der Waals surface area contributed by atoms with Gasteiger partial charge in [-0.2, -0.15) is 0 Å². The minimum absolute atomic E-state index is 1.27. The van der Waals surface area contributed by atoms with E-state index in [-0.39, 0.29) is 0 Å². The van der Waals surface area contributed by atoms with Crippen molar-refractivity contribution < 1.29 is 0 Å². The van der Waals surface area contributed by atoms with Gasteiger partial charge in [-0.3, -0.25) is 0 Å². The lowest BCUT2D eigenvalue weighted by Gasteiger charge is -2.19. The second-order valence-electron chi connectivity index (χ2n) is 5.60. The second kappa shape index (κ2) is 3.15. The molecule has 88 valence electrons. The highest BCUT2D eigenvalue weighted by Gasteiger charge is 2.38. The predicted octanol–water partition coefficient (Wildman–Crippen LogP) is 2.97. The van der Waals surface area contributed by atoms with Crippen molar-refractivity contribution in [3.05, 3.63) is 48.7 Å². The van der Waals surface area contributed by atoms with Crippen molar-refractivity contribution in [3.8, 4) is 11.1 Å². The Morgan fingerprint density at radius 3 is 2.61 bits per heavy atom. The van der Waals surface area contributed by atoms with Crippen LogP contribution in [0.25, 0.3) is 22.0 Å². The van der Waals surface area contributed by atoms with Crippen LogP contribution in [0.4, 0.5) is 0 Å². The summed E-state index contributed by atoms with van der Waals surface area (Å²) in [5, 5.41) is 4.59. The number of aromatic nitrogens is 1. The summed E-state index contributed by atoms with van der Waals surface area (Å²) in [5.41, 5.74) is 4.17. The molecule has 0 fully saturated rings. The smallest absolute Gasteiger partial charge is 0.114 e. The quantitative estimate of drug-likeness (QED) is 0.590. The zero-order valence-corrected chi connectivity index (χ0v) is 11.6. The third-order valence-electron chi connectivity index (χ3n) is 4.25. The molecule has 18 heavy (non-hydrogen) atoms. The van der Waals surface area contributed by atoms with Gasteiger partial charge in [0, 0.05) is 11.7 Å². The molecule has 3 aromatic rings. The van der Waals surface area contributed by atoms with Crippen molar-refractivity contribution >= 4 is 29.4 Å². The number of aromatic amines is 1. The summed E-state index contributed by atoms with van der Waals surface area (Å²) in [4.78, 5) is 3.34. The van der Waals surface area contributed by atoms with E-state index in [2.05, 4.69) is 66.7 Å². The minimum Gasteiger partial charge on any atom is -0.361 e. The van der Waals surface area contributed by atoms with Crippen molar-refractivity contribution in [3.63, 3.8) is 0 Å². The molecule has 0 aliphatic carbocycles. The highest BCUT2D eigenvalue weighted by atomic mass is 28.3. The zero-order valence-electron chi connectivity index (χ0n) is 10.6. The van der Waals surface area contributed by atoms with E-state index in [1.54, 1.807) is 10.4 Å². The molecule has 1 aliphatic rings. The summed E-state index contributed by atoms with van der Waals surface area (Å²) >= 11 is 0. The molecule has 0 unspecified atom stereocenters. The number of benzene rings is 2. The van der Waals surface area contributed by atoms with Crippen molar-refractivity contribution in [1.29, 1.82) is 0 Å². The van der Waals surface area contributed by atoms with Crippen LogP contribution in [0, 0.1) is 0 Å².